The molecule has 2 rings (SSSR count). The van der Waals surface area contributed by atoms with Crippen molar-refractivity contribution in [1.29, 1.82) is 0 Å². The summed E-state index contributed by atoms with van der Waals surface area (Å²) in [4.78, 5) is 10.1. The van der Waals surface area contributed by atoms with Crippen molar-refractivity contribution < 1.29 is 18.4 Å². The molecule has 0 heterocycles. The second-order valence-electron chi connectivity index (χ2n) is 5.00. The molecule has 1 atom stereocenters. The van der Waals surface area contributed by atoms with E-state index in [1.807, 2.05) is 0 Å². The molecule has 0 bridgehead atoms. The standard InChI is InChI=1S/C14H13Cl2N3O5S/c15-9-2-1-3-10(16)14(9)12(7-20)18-11-5-4-8(25(17,23)24)6-13(11)19(21)22/h1-6,12,18,20H,7H2,(H2,17,23,24)/t12-/m0/s1. The minimum atomic E-state index is -4.10. The maximum atomic E-state index is 11.4. The highest BCUT2D eigenvalue weighted by Crippen LogP contribution is 2.35. The number of hydrogen-bond acceptors (Lipinski definition) is 6. The molecular weight excluding hydrogens is 393 g/mol. The highest BCUT2D eigenvalue weighted by molar-refractivity contribution is 7.89. The second kappa shape index (κ2) is 7.54. The molecule has 0 unspecified atom stereocenters. The Hall–Kier alpha value is -1.91. The Labute approximate surface area is 153 Å². The molecule has 134 valence electrons. The first-order valence-corrected chi connectivity index (χ1v) is 9.08. The van der Waals surface area contributed by atoms with Crippen molar-refractivity contribution in [3.8, 4) is 0 Å². The smallest absolute Gasteiger partial charge is 0.293 e. The van der Waals surface area contributed by atoms with E-state index in [0.29, 0.717) is 5.56 Å². The van der Waals surface area contributed by atoms with Crippen molar-refractivity contribution in [2.24, 2.45) is 5.14 Å². The number of sulfonamides is 1. The number of aliphatic hydroxyl groups excluding tert-OH is 1. The molecule has 0 saturated carbocycles. The number of benzene rings is 2. The van der Waals surface area contributed by atoms with Crippen LogP contribution in [0.4, 0.5) is 11.4 Å². The summed E-state index contributed by atoms with van der Waals surface area (Å²) in [6.45, 7) is -0.461. The van der Waals surface area contributed by atoms with Gasteiger partial charge in [0.1, 0.15) is 5.69 Å². The summed E-state index contributed by atoms with van der Waals surface area (Å²) in [6.07, 6.45) is 0. The molecule has 0 aromatic heterocycles. The van der Waals surface area contributed by atoms with E-state index in [1.165, 1.54) is 6.07 Å². The number of hydrogen-bond donors (Lipinski definition) is 3. The molecule has 0 aliphatic heterocycles. The second-order valence-corrected chi connectivity index (χ2v) is 7.37. The molecular formula is C14H13Cl2N3O5S. The molecule has 4 N–H and O–H groups in total. The van der Waals surface area contributed by atoms with E-state index < -0.39 is 38.2 Å². The monoisotopic (exact) mass is 405 g/mol. The van der Waals surface area contributed by atoms with E-state index >= 15 is 0 Å². The van der Waals surface area contributed by atoms with Crippen LogP contribution in [0.2, 0.25) is 10.0 Å². The van der Waals surface area contributed by atoms with E-state index in [-0.39, 0.29) is 15.7 Å². The van der Waals surface area contributed by atoms with Gasteiger partial charge in [-0.25, -0.2) is 13.6 Å². The number of anilines is 1. The number of nitrogens with zero attached hydrogens (tertiary/aromatic N) is 1. The molecule has 2 aromatic carbocycles. The molecule has 0 fully saturated rings. The quantitative estimate of drug-likeness (QED) is 0.499. The van der Waals surface area contributed by atoms with Gasteiger partial charge in [0.25, 0.3) is 5.69 Å². The van der Waals surface area contributed by atoms with Crippen LogP contribution in [0.15, 0.2) is 41.3 Å². The summed E-state index contributed by atoms with van der Waals surface area (Å²) in [5, 5.41) is 29.2. The molecule has 11 heteroatoms. The minimum Gasteiger partial charge on any atom is -0.394 e. The average Bonchev–Trinajstić information content (AvgIpc) is 2.52. The average molecular weight is 406 g/mol. The first kappa shape index (κ1) is 19.4. The maximum absolute atomic E-state index is 11.4. The molecule has 2 aromatic rings. The van der Waals surface area contributed by atoms with Gasteiger partial charge in [-0.15, -0.1) is 0 Å². The summed E-state index contributed by atoms with van der Waals surface area (Å²) in [6, 6.07) is 7.03. The van der Waals surface area contributed by atoms with Crippen molar-refractivity contribution in [1.82, 2.24) is 0 Å². The molecule has 0 aliphatic rings. The fourth-order valence-corrected chi connectivity index (χ4v) is 3.40. The lowest BCUT2D eigenvalue weighted by atomic mass is 10.1. The van der Waals surface area contributed by atoms with Crippen LogP contribution in [-0.2, 0) is 10.0 Å². The summed E-state index contributed by atoms with van der Waals surface area (Å²) in [7, 11) is -4.10. The lowest BCUT2D eigenvalue weighted by Gasteiger charge is -2.20. The molecule has 0 spiro atoms. The normalized spacial score (nSPS) is 12.6. The van der Waals surface area contributed by atoms with Crippen LogP contribution < -0.4 is 10.5 Å². The number of nitro benzene ring substituents is 1. The van der Waals surface area contributed by atoms with E-state index in [4.69, 9.17) is 28.3 Å². The minimum absolute atomic E-state index is 0.0209. The first-order valence-electron chi connectivity index (χ1n) is 6.77. The van der Waals surface area contributed by atoms with Crippen LogP contribution in [0, 0.1) is 10.1 Å². The fraction of sp³-hybridized carbons (Fsp3) is 0.143. The van der Waals surface area contributed by atoms with Gasteiger partial charge in [0.15, 0.2) is 0 Å². The van der Waals surface area contributed by atoms with Crippen LogP contribution in [0.3, 0.4) is 0 Å². The number of nitro groups is 1. The van der Waals surface area contributed by atoms with Crippen LogP contribution in [0.5, 0.6) is 0 Å². The maximum Gasteiger partial charge on any atom is 0.293 e. The lowest BCUT2D eigenvalue weighted by molar-refractivity contribution is -0.384. The topological polar surface area (TPSA) is 136 Å². The highest BCUT2D eigenvalue weighted by atomic mass is 35.5. The van der Waals surface area contributed by atoms with Crippen molar-refractivity contribution in [2.75, 3.05) is 11.9 Å². The fourth-order valence-electron chi connectivity index (χ4n) is 2.20. The van der Waals surface area contributed by atoms with Gasteiger partial charge < -0.3 is 10.4 Å². The summed E-state index contributed by atoms with van der Waals surface area (Å²) in [5.74, 6) is 0. The van der Waals surface area contributed by atoms with Crippen molar-refractivity contribution in [2.45, 2.75) is 10.9 Å². The Bertz CT molecular complexity index is 900. The Morgan fingerprint density at radius 2 is 1.84 bits per heavy atom. The number of rotatable bonds is 6. The van der Waals surface area contributed by atoms with Crippen LogP contribution in [0.25, 0.3) is 0 Å². The molecule has 0 saturated heterocycles. The molecule has 0 aliphatic carbocycles. The largest absolute Gasteiger partial charge is 0.394 e. The Morgan fingerprint density at radius 1 is 1.24 bits per heavy atom. The molecule has 0 radical (unpaired) electrons. The van der Waals surface area contributed by atoms with Gasteiger partial charge >= 0.3 is 0 Å². The van der Waals surface area contributed by atoms with Crippen molar-refractivity contribution in [3.63, 3.8) is 0 Å². The first-order chi connectivity index (χ1) is 11.6. The van der Waals surface area contributed by atoms with E-state index in [9.17, 15) is 23.6 Å². The van der Waals surface area contributed by atoms with Gasteiger partial charge in [0.05, 0.1) is 22.5 Å². The number of halogens is 2. The number of nitrogens with one attached hydrogen (secondary N) is 1. The molecule has 25 heavy (non-hydrogen) atoms. The number of primary sulfonamides is 1. The van der Waals surface area contributed by atoms with Crippen LogP contribution in [0.1, 0.15) is 11.6 Å². The Kier molecular flexibility index (Phi) is 5.86. The van der Waals surface area contributed by atoms with Crippen molar-refractivity contribution in [3.05, 3.63) is 62.1 Å². The summed E-state index contributed by atoms with van der Waals surface area (Å²) >= 11 is 12.2. The van der Waals surface area contributed by atoms with Crippen LogP contribution in [-0.4, -0.2) is 25.1 Å². The zero-order valence-corrected chi connectivity index (χ0v) is 14.8. The van der Waals surface area contributed by atoms with E-state index in [2.05, 4.69) is 5.32 Å². The van der Waals surface area contributed by atoms with Gasteiger partial charge in [-0.2, -0.15) is 0 Å². The van der Waals surface area contributed by atoms with Crippen molar-refractivity contribution >= 4 is 44.6 Å². The Morgan fingerprint density at radius 3 is 2.32 bits per heavy atom. The third-order valence-corrected chi connectivity index (χ3v) is 4.93. The van der Waals surface area contributed by atoms with E-state index in [1.54, 1.807) is 18.2 Å². The van der Waals surface area contributed by atoms with Gasteiger partial charge in [0.2, 0.25) is 10.0 Å². The Balaban J connectivity index is 2.49. The predicted molar refractivity (Wildman–Crippen MR) is 94.4 cm³/mol. The molecule has 0 amide bonds. The van der Waals surface area contributed by atoms with Crippen LogP contribution >= 0.6 is 23.2 Å². The number of nitrogens with two attached hydrogens (primary N) is 1. The number of aliphatic hydroxyl groups is 1. The van der Waals surface area contributed by atoms with Gasteiger partial charge in [-0.1, -0.05) is 29.3 Å². The predicted octanol–water partition coefficient (Wildman–Crippen LogP) is 2.69. The summed E-state index contributed by atoms with van der Waals surface area (Å²) < 4.78 is 22.7. The SMILES string of the molecule is NS(=O)(=O)c1ccc(N[C@@H](CO)c2c(Cl)cccc2Cl)c([N+](=O)[O-])c1. The zero-order valence-electron chi connectivity index (χ0n) is 12.5. The summed E-state index contributed by atoms with van der Waals surface area (Å²) in [5.41, 5.74) is -0.182. The lowest BCUT2D eigenvalue weighted by Crippen LogP contribution is -2.17. The van der Waals surface area contributed by atoms with Gasteiger partial charge in [-0.3, -0.25) is 10.1 Å². The third kappa shape index (κ3) is 4.39. The van der Waals surface area contributed by atoms with Gasteiger partial charge in [-0.05, 0) is 24.3 Å². The highest BCUT2D eigenvalue weighted by Gasteiger charge is 2.23. The molecule has 8 nitrogen and oxygen atoms in total. The van der Waals surface area contributed by atoms with E-state index in [0.717, 1.165) is 12.1 Å². The van der Waals surface area contributed by atoms with Gasteiger partial charge in [0, 0.05) is 21.7 Å². The zero-order chi connectivity index (χ0) is 18.8. The third-order valence-electron chi connectivity index (χ3n) is 3.35.